The molecule has 156 valence electrons. The first-order chi connectivity index (χ1) is 13.5. The molecule has 0 atom stereocenters. The zero-order valence-corrected chi connectivity index (χ0v) is 16.0. The second-order valence-corrected chi connectivity index (χ2v) is 6.47. The van der Waals surface area contributed by atoms with Gasteiger partial charge in [-0.15, -0.1) is 0 Å². The van der Waals surface area contributed by atoms with Crippen molar-refractivity contribution in [2.75, 3.05) is 18.5 Å². The molecule has 0 aromatic heterocycles. The van der Waals surface area contributed by atoms with Crippen molar-refractivity contribution in [2.24, 2.45) is 0 Å². The summed E-state index contributed by atoms with van der Waals surface area (Å²) in [6.07, 6.45) is -4.67. The molecule has 0 aliphatic carbocycles. The van der Waals surface area contributed by atoms with Crippen molar-refractivity contribution in [3.05, 3.63) is 58.4 Å². The number of hydrogen-bond acceptors (Lipinski definition) is 3. The number of rotatable bonds is 7. The Hall–Kier alpha value is -2.81. The Morgan fingerprint density at radius 2 is 1.79 bits per heavy atom. The van der Waals surface area contributed by atoms with Gasteiger partial charge in [-0.3, -0.25) is 9.59 Å². The van der Waals surface area contributed by atoms with Crippen LogP contribution >= 0.6 is 11.6 Å². The summed E-state index contributed by atoms with van der Waals surface area (Å²) in [5.41, 5.74) is -0.312. The molecular formula is C19H17ClF4N2O3. The minimum absolute atomic E-state index is 0.0151. The number of benzene rings is 2. The number of carbonyl (C=O) groups is 2. The van der Waals surface area contributed by atoms with E-state index in [0.717, 1.165) is 12.1 Å². The molecule has 2 N–H and O–H groups in total. The lowest BCUT2D eigenvalue weighted by Crippen LogP contribution is -2.33. The third-order valence-electron chi connectivity index (χ3n) is 3.74. The predicted octanol–water partition coefficient (Wildman–Crippen LogP) is 4.49. The van der Waals surface area contributed by atoms with E-state index in [0.29, 0.717) is 10.8 Å². The van der Waals surface area contributed by atoms with E-state index < -0.39 is 30.4 Å². The van der Waals surface area contributed by atoms with Crippen LogP contribution in [0.4, 0.5) is 23.2 Å². The van der Waals surface area contributed by atoms with Crippen molar-refractivity contribution >= 4 is 29.1 Å². The second-order valence-electron chi connectivity index (χ2n) is 6.03. The fourth-order valence-corrected chi connectivity index (χ4v) is 2.35. The molecule has 0 spiro atoms. The Balaban J connectivity index is 1.97. The van der Waals surface area contributed by atoms with Gasteiger partial charge in [-0.2, -0.15) is 13.2 Å². The van der Waals surface area contributed by atoms with Crippen molar-refractivity contribution in [3.63, 3.8) is 0 Å². The summed E-state index contributed by atoms with van der Waals surface area (Å²) in [7, 11) is 0. The highest BCUT2D eigenvalue weighted by atomic mass is 35.5. The van der Waals surface area contributed by atoms with Crippen LogP contribution in [0.1, 0.15) is 22.3 Å². The molecule has 2 amide bonds. The summed E-state index contributed by atoms with van der Waals surface area (Å²) in [4.78, 5) is 23.9. The van der Waals surface area contributed by atoms with Gasteiger partial charge in [0.05, 0.1) is 13.0 Å². The zero-order valence-electron chi connectivity index (χ0n) is 15.2. The van der Waals surface area contributed by atoms with Gasteiger partial charge in [0.25, 0.3) is 5.91 Å². The first-order valence-electron chi connectivity index (χ1n) is 8.38. The minimum atomic E-state index is -4.60. The van der Waals surface area contributed by atoms with Crippen LogP contribution in [0.5, 0.6) is 5.75 Å². The van der Waals surface area contributed by atoms with Gasteiger partial charge in [-0.25, -0.2) is 4.39 Å². The van der Waals surface area contributed by atoms with E-state index in [2.05, 4.69) is 5.32 Å². The molecule has 0 unspecified atom stereocenters. The number of nitrogens with one attached hydrogen (secondary N) is 2. The molecule has 0 saturated carbocycles. The largest absolute Gasteiger partial charge is 0.493 e. The Labute approximate surface area is 169 Å². The molecule has 0 saturated heterocycles. The van der Waals surface area contributed by atoms with Crippen LogP contribution in [0.15, 0.2) is 36.4 Å². The van der Waals surface area contributed by atoms with Gasteiger partial charge in [0.1, 0.15) is 18.1 Å². The average molecular weight is 433 g/mol. The number of halogens is 5. The second kappa shape index (κ2) is 9.60. The number of anilines is 1. The van der Waals surface area contributed by atoms with Crippen molar-refractivity contribution in [2.45, 2.75) is 19.5 Å². The highest BCUT2D eigenvalue weighted by Crippen LogP contribution is 2.22. The highest BCUT2D eigenvalue weighted by molar-refractivity contribution is 6.30. The summed E-state index contributed by atoms with van der Waals surface area (Å²) in [5.74, 6) is -1.96. The SMILES string of the molecule is Cc1c(F)cc(C(=O)NCC(F)(F)F)cc1NC(=O)CCOc1ccc(Cl)cc1. The molecule has 0 aliphatic rings. The van der Waals surface area contributed by atoms with Gasteiger partial charge in [-0.1, -0.05) is 11.6 Å². The van der Waals surface area contributed by atoms with Gasteiger partial charge < -0.3 is 15.4 Å². The van der Waals surface area contributed by atoms with Crippen LogP contribution in [-0.2, 0) is 4.79 Å². The third kappa shape index (κ3) is 7.26. The molecule has 2 rings (SSSR count). The quantitative estimate of drug-likeness (QED) is 0.634. The van der Waals surface area contributed by atoms with Crippen LogP contribution < -0.4 is 15.4 Å². The standard InChI is InChI=1S/C19H17ClF4N2O3/c1-11-15(21)8-12(18(28)25-10-19(22,23)24)9-16(11)26-17(27)6-7-29-14-4-2-13(20)3-5-14/h2-5,8-9H,6-7,10H2,1H3,(H,25,28)(H,26,27). The Morgan fingerprint density at radius 3 is 2.41 bits per heavy atom. The lowest BCUT2D eigenvalue weighted by Gasteiger charge is -2.13. The van der Waals surface area contributed by atoms with Gasteiger partial charge in [0, 0.05) is 21.8 Å². The average Bonchev–Trinajstić information content (AvgIpc) is 2.64. The maximum atomic E-state index is 14.0. The molecule has 5 nitrogen and oxygen atoms in total. The Kier molecular flexibility index (Phi) is 7.44. The molecule has 29 heavy (non-hydrogen) atoms. The third-order valence-corrected chi connectivity index (χ3v) is 3.99. The maximum absolute atomic E-state index is 14.0. The molecule has 10 heteroatoms. The number of ether oxygens (including phenoxy) is 1. The van der Waals surface area contributed by atoms with E-state index in [1.165, 1.54) is 6.92 Å². The van der Waals surface area contributed by atoms with E-state index in [1.807, 2.05) is 0 Å². The lowest BCUT2D eigenvalue weighted by atomic mass is 10.1. The van der Waals surface area contributed by atoms with Crippen LogP contribution in [0.2, 0.25) is 5.02 Å². The molecule has 2 aromatic carbocycles. The van der Waals surface area contributed by atoms with Crippen LogP contribution in [0, 0.1) is 12.7 Å². The Bertz CT molecular complexity index is 886. The smallest absolute Gasteiger partial charge is 0.405 e. The van der Waals surface area contributed by atoms with Crippen LogP contribution in [0.25, 0.3) is 0 Å². The summed E-state index contributed by atoms with van der Waals surface area (Å²) in [6, 6.07) is 8.42. The van der Waals surface area contributed by atoms with Crippen molar-refractivity contribution in [1.82, 2.24) is 5.32 Å². The number of alkyl halides is 3. The van der Waals surface area contributed by atoms with Crippen molar-refractivity contribution in [1.29, 1.82) is 0 Å². The van der Waals surface area contributed by atoms with Crippen molar-refractivity contribution < 1.29 is 31.9 Å². The number of amides is 2. The molecule has 0 heterocycles. The molecule has 2 aromatic rings. The summed E-state index contributed by atoms with van der Waals surface area (Å²) in [5, 5.41) is 4.62. The van der Waals surface area contributed by atoms with Crippen molar-refractivity contribution in [3.8, 4) is 5.75 Å². The van der Waals surface area contributed by atoms with E-state index in [-0.39, 0.29) is 29.8 Å². The lowest BCUT2D eigenvalue weighted by molar-refractivity contribution is -0.123. The van der Waals surface area contributed by atoms with E-state index in [4.69, 9.17) is 16.3 Å². The number of carbonyl (C=O) groups excluding carboxylic acids is 2. The van der Waals surface area contributed by atoms with Gasteiger partial charge in [0.15, 0.2) is 0 Å². The zero-order chi connectivity index (χ0) is 21.6. The fraction of sp³-hybridized carbons (Fsp3) is 0.263. The monoisotopic (exact) mass is 432 g/mol. The van der Waals surface area contributed by atoms with Crippen LogP contribution in [0.3, 0.4) is 0 Å². The molecule has 0 bridgehead atoms. The maximum Gasteiger partial charge on any atom is 0.405 e. The Morgan fingerprint density at radius 1 is 1.14 bits per heavy atom. The van der Waals surface area contributed by atoms with Gasteiger partial charge in [-0.05, 0) is 43.3 Å². The van der Waals surface area contributed by atoms with E-state index >= 15 is 0 Å². The normalized spacial score (nSPS) is 11.1. The van der Waals surface area contributed by atoms with E-state index in [1.54, 1.807) is 29.6 Å². The summed E-state index contributed by atoms with van der Waals surface area (Å²) >= 11 is 5.76. The summed E-state index contributed by atoms with van der Waals surface area (Å²) in [6.45, 7) is -0.154. The minimum Gasteiger partial charge on any atom is -0.493 e. The van der Waals surface area contributed by atoms with Gasteiger partial charge >= 0.3 is 6.18 Å². The first-order valence-corrected chi connectivity index (χ1v) is 8.76. The van der Waals surface area contributed by atoms with Gasteiger partial charge in [0.2, 0.25) is 5.91 Å². The van der Waals surface area contributed by atoms with E-state index in [9.17, 15) is 27.2 Å². The highest BCUT2D eigenvalue weighted by Gasteiger charge is 2.28. The molecule has 0 fully saturated rings. The molecule has 0 radical (unpaired) electrons. The molecular weight excluding hydrogens is 416 g/mol. The fourth-order valence-electron chi connectivity index (χ4n) is 2.23. The summed E-state index contributed by atoms with van der Waals surface area (Å²) < 4.78 is 56.1. The first kappa shape index (κ1) is 22.5. The topological polar surface area (TPSA) is 67.4 Å². The molecule has 0 aliphatic heterocycles. The predicted molar refractivity (Wildman–Crippen MR) is 99.7 cm³/mol. The van der Waals surface area contributed by atoms with Crippen LogP contribution in [-0.4, -0.2) is 31.1 Å². The number of hydrogen-bond donors (Lipinski definition) is 2.